The zero-order chi connectivity index (χ0) is 21.8. The molecular formula is C25H33N5O. The molecule has 0 aliphatic carbocycles. The Morgan fingerprint density at radius 3 is 2.55 bits per heavy atom. The molecule has 0 spiro atoms. The summed E-state index contributed by atoms with van der Waals surface area (Å²) in [5, 5.41) is 10.3. The molecule has 6 heteroatoms. The van der Waals surface area contributed by atoms with Crippen LogP contribution in [0.15, 0.2) is 52.0 Å². The van der Waals surface area contributed by atoms with Crippen molar-refractivity contribution in [3.8, 4) is 0 Å². The van der Waals surface area contributed by atoms with Crippen LogP contribution < -0.4 is 5.32 Å². The zero-order valence-corrected chi connectivity index (χ0v) is 19.1. The van der Waals surface area contributed by atoms with Crippen LogP contribution >= 0.6 is 0 Å². The summed E-state index contributed by atoms with van der Waals surface area (Å²) in [6, 6.07) is 15.3. The third-order valence-electron chi connectivity index (χ3n) is 6.31. The smallest absolute Gasteiger partial charge is 0.193 e. The maximum absolute atomic E-state index is 5.33. The van der Waals surface area contributed by atoms with Gasteiger partial charge in [-0.1, -0.05) is 54.5 Å². The van der Waals surface area contributed by atoms with Gasteiger partial charge in [-0.05, 0) is 30.2 Å². The second-order valence-electron chi connectivity index (χ2n) is 8.47. The first-order valence-corrected chi connectivity index (χ1v) is 11.1. The minimum atomic E-state index is 0.315. The standard InChI is InChI=1S/C25H33N5O/c1-18(24-19(2)28-31-20(24)3)16-27-25(26-4)30-14-12-29(13-15-30)17-22-10-7-9-21-8-5-6-11-23(21)22/h5-11,18H,12-17H2,1-4H3,(H,26,27). The normalized spacial score (nSPS) is 16.6. The quantitative estimate of drug-likeness (QED) is 0.501. The van der Waals surface area contributed by atoms with Gasteiger partial charge in [-0.3, -0.25) is 9.89 Å². The molecule has 1 aromatic heterocycles. The number of aliphatic imine (C=N–C) groups is 1. The summed E-state index contributed by atoms with van der Waals surface area (Å²) in [5.41, 5.74) is 3.58. The van der Waals surface area contributed by atoms with Crippen molar-refractivity contribution in [3.05, 3.63) is 65.0 Å². The lowest BCUT2D eigenvalue weighted by atomic mass is 10.00. The van der Waals surface area contributed by atoms with E-state index in [-0.39, 0.29) is 0 Å². The summed E-state index contributed by atoms with van der Waals surface area (Å²) in [6.45, 7) is 12.0. The number of hydrogen-bond donors (Lipinski definition) is 1. The topological polar surface area (TPSA) is 56.9 Å². The minimum Gasteiger partial charge on any atom is -0.361 e. The Balaban J connectivity index is 1.32. The summed E-state index contributed by atoms with van der Waals surface area (Å²) in [4.78, 5) is 9.43. The number of hydrogen-bond acceptors (Lipinski definition) is 4. The zero-order valence-electron chi connectivity index (χ0n) is 19.1. The maximum atomic E-state index is 5.33. The number of aryl methyl sites for hydroxylation is 2. The van der Waals surface area contributed by atoms with E-state index in [0.717, 1.165) is 56.7 Å². The molecule has 1 aliphatic heterocycles. The highest BCUT2D eigenvalue weighted by Crippen LogP contribution is 2.23. The summed E-state index contributed by atoms with van der Waals surface area (Å²) in [5.74, 6) is 2.20. The molecule has 1 fully saturated rings. The Kier molecular flexibility index (Phi) is 6.56. The fourth-order valence-electron chi connectivity index (χ4n) is 4.66. The van der Waals surface area contributed by atoms with Gasteiger partial charge in [0.15, 0.2) is 5.96 Å². The molecular weight excluding hydrogens is 386 g/mol. The lowest BCUT2D eigenvalue weighted by Gasteiger charge is -2.37. The second kappa shape index (κ2) is 9.52. The van der Waals surface area contributed by atoms with E-state index in [1.165, 1.54) is 21.9 Å². The summed E-state index contributed by atoms with van der Waals surface area (Å²) < 4.78 is 5.33. The SMILES string of the molecule is CN=C(NCC(C)c1c(C)noc1C)N1CCN(Cc2cccc3ccccc23)CC1. The average Bonchev–Trinajstić information content (AvgIpc) is 3.13. The first-order chi connectivity index (χ1) is 15.1. The molecule has 164 valence electrons. The largest absolute Gasteiger partial charge is 0.361 e. The molecule has 6 nitrogen and oxygen atoms in total. The van der Waals surface area contributed by atoms with E-state index in [9.17, 15) is 0 Å². The first-order valence-electron chi connectivity index (χ1n) is 11.1. The van der Waals surface area contributed by atoms with Crippen molar-refractivity contribution in [2.45, 2.75) is 33.2 Å². The summed E-state index contributed by atoms with van der Waals surface area (Å²) in [6.07, 6.45) is 0. The monoisotopic (exact) mass is 419 g/mol. The highest BCUT2D eigenvalue weighted by molar-refractivity contribution is 5.85. The number of piperazine rings is 1. The molecule has 0 radical (unpaired) electrons. The summed E-state index contributed by atoms with van der Waals surface area (Å²) >= 11 is 0. The fraction of sp³-hybridized carbons (Fsp3) is 0.440. The first kappa shape index (κ1) is 21.4. The number of fused-ring (bicyclic) bond motifs is 1. The molecule has 2 heterocycles. The van der Waals surface area contributed by atoms with Crippen molar-refractivity contribution in [2.75, 3.05) is 39.8 Å². The van der Waals surface area contributed by atoms with Gasteiger partial charge >= 0.3 is 0 Å². The summed E-state index contributed by atoms with van der Waals surface area (Å²) in [7, 11) is 1.87. The van der Waals surface area contributed by atoms with Gasteiger partial charge in [0.25, 0.3) is 0 Å². The Bertz CT molecular complexity index is 1020. The third kappa shape index (κ3) is 4.74. The van der Waals surface area contributed by atoms with E-state index < -0.39 is 0 Å². The molecule has 0 bridgehead atoms. The van der Waals surface area contributed by atoms with E-state index >= 15 is 0 Å². The van der Waals surface area contributed by atoms with Crippen molar-refractivity contribution in [1.82, 2.24) is 20.3 Å². The predicted octanol–water partition coefficient (Wildman–Crippen LogP) is 3.94. The number of benzene rings is 2. The van der Waals surface area contributed by atoms with Crippen LogP contribution in [0.4, 0.5) is 0 Å². The Morgan fingerprint density at radius 2 is 1.84 bits per heavy atom. The van der Waals surface area contributed by atoms with Gasteiger partial charge in [0.05, 0.1) is 5.69 Å². The number of nitrogens with one attached hydrogen (secondary N) is 1. The second-order valence-corrected chi connectivity index (χ2v) is 8.47. The minimum absolute atomic E-state index is 0.315. The lowest BCUT2D eigenvalue weighted by molar-refractivity contribution is 0.173. The Morgan fingerprint density at radius 1 is 1.10 bits per heavy atom. The molecule has 1 saturated heterocycles. The molecule has 1 aliphatic rings. The van der Waals surface area contributed by atoms with E-state index in [2.05, 4.69) is 74.7 Å². The maximum Gasteiger partial charge on any atom is 0.193 e. The highest BCUT2D eigenvalue weighted by Gasteiger charge is 2.22. The van der Waals surface area contributed by atoms with Crippen LogP contribution in [0, 0.1) is 13.8 Å². The average molecular weight is 420 g/mol. The molecule has 1 N–H and O–H groups in total. The molecule has 31 heavy (non-hydrogen) atoms. The highest BCUT2D eigenvalue weighted by atomic mass is 16.5. The van der Waals surface area contributed by atoms with Crippen molar-refractivity contribution in [2.24, 2.45) is 4.99 Å². The molecule has 2 aromatic carbocycles. The molecule has 1 atom stereocenters. The fourth-order valence-corrected chi connectivity index (χ4v) is 4.66. The van der Waals surface area contributed by atoms with Crippen molar-refractivity contribution >= 4 is 16.7 Å². The van der Waals surface area contributed by atoms with Gasteiger partial charge in [-0.2, -0.15) is 0 Å². The van der Waals surface area contributed by atoms with Crippen molar-refractivity contribution < 1.29 is 4.52 Å². The van der Waals surface area contributed by atoms with Crippen LogP contribution in [0.25, 0.3) is 10.8 Å². The van der Waals surface area contributed by atoms with E-state index in [4.69, 9.17) is 4.52 Å². The molecule has 4 rings (SSSR count). The number of nitrogens with zero attached hydrogens (tertiary/aromatic N) is 4. The van der Waals surface area contributed by atoms with Crippen LogP contribution in [0.3, 0.4) is 0 Å². The Hall–Kier alpha value is -2.86. The number of rotatable bonds is 5. The van der Waals surface area contributed by atoms with Crippen molar-refractivity contribution in [1.29, 1.82) is 0 Å². The van der Waals surface area contributed by atoms with Gasteiger partial charge in [0, 0.05) is 57.8 Å². The van der Waals surface area contributed by atoms with Crippen LogP contribution in [0.1, 0.15) is 35.4 Å². The predicted molar refractivity (Wildman–Crippen MR) is 127 cm³/mol. The molecule has 1 unspecified atom stereocenters. The lowest BCUT2D eigenvalue weighted by Crippen LogP contribution is -2.52. The van der Waals surface area contributed by atoms with Crippen LogP contribution in [0.5, 0.6) is 0 Å². The number of aromatic nitrogens is 1. The van der Waals surface area contributed by atoms with Crippen LogP contribution in [-0.2, 0) is 6.54 Å². The number of guanidine groups is 1. The third-order valence-corrected chi connectivity index (χ3v) is 6.31. The van der Waals surface area contributed by atoms with E-state index in [1.807, 2.05) is 20.9 Å². The van der Waals surface area contributed by atoms with Crippen LogP contribution in [0.2, 0.25) is 0 Å². The van der Waals surface area contributed by atoms with Crippen LogP contribution in [-0.4, -0.2) is 60.7 Å². The van der Waals surface area contributed by atoms with Gasteiger partial charge in [-0.15, -0.1) is 0 Å². The van der Waals surface area contributed by atoms with Gasteiger partial charge in [-0.25, -0.2) is 0 Å². The molecule has 0 saturated carbocycles. The molecule has 3 aromatic rings. The van der Waals surface area contributed by atoms with Gasteiger partial charge in [0.2, 0.25) is 0 Å². The van der Waals surface area contributed by atoms with Crippen molar-refractivity contribution in [3.63, 3.8) is 0 Å². The van der Waals surface area contributed by atoms with Gasteiger partial charge in [0.1, 0.15) is 5.76 Å². The molecule has 0 amide bonds. The van der Waals surface area contributed by atoms with E-state index in [1.54, 1.807) is 0 Å². The van der Waals surface area contributed by atoms with E-state index in [0.29, 0.717) is 5.92 Å². The Labute approximate surface area is 184 Å². The van der Waals surface area contributed by atoms with Gasteiger partial charge < -0.3 is 14.7 Å².